The fourth-order valence-electron chi connectivity index (χ4n) is 5.13. The molecular formula is C23H26F4N8O3S2. The maximum Gasteiger partial charge on any atom is 0.282 e. The molecule has 11 nitrogen and oxygen atoms in total. The van der Waals surface area contributed by atoms with E-state index in [1.165, 1.54) is 24.1 Å². The van der Waals surface area contributed by atoms with Gasteiger partial charge in [-0.05, 0) is 44.1 Å². The number of rotatable bonds is 9. The summed E-state index contributed by atoms with van der Waals surface area (Å²) in [6, 6.07) is 0.345. The summed E-state index contributed by atoms with van der Waals surface area (Å²) in [4.78, 5) is 13.2. The average molecular weight is 603 g/mol. The molecule has 2 fully saturated rings. The highest BCUT2D eigenvalue weighted by Gasteiger charge is 2.45. The molecule has 0 radical (unpaired) electrons. The predicted molar refractivity (Wildman–Crippen MR) is 137 cm³/mol. The quantitative estimate of drug-likeness (QED) is 0.319. The van der Waals surface area contributed by atoms with Crippen LogP contribution >= 0.6 is 11.3 Å². The first-order chi connectivity index (χ1) is 19.0. The molecule has 0 saturated heterocycles. The molecule has 3 aromatic heterocycles. The number of thiophene rings is 1. The number of aromatic nitrogens is 5. The Hall–Kier alpha value is -3.05. The summed E-state index contributed by atoms with van der Waals surface area (Å²) in [5, 5.41) is 17.5. The first kappa shape index (κ1) is 27.1. The number of alkyl halides is 4. The van der Waals surface area contributed by atoms with Gasteiger partial charge in [-0.15, -0.1) is 21.5 Å². The molecule has 1 amide bonds. The average Bonchev–Trinajstić information content (AvgIpc) is 3.19. The van der Waals surface area contributed by atoms with E-state index in [1.807, 2.05) is 0 Å². The van der Waals surface area contributed by atoms with Crippen molar-refractivity contribution in [2.75, 3.05) is 10.6 Å². The van der Waals surface area contributed by atoms with E-state index >= 15 is 0 Å². The van der Waals surface area contributed by atoms with Gasteiger partial charge in [-0.1, -0.05) is 0 Å². The van der Waals surface area contributed by atoms with Gasteiger partial charge in [0.1, 0.15) is 40.1 Å². The van der Waals surface area contributed by atoms with E-state index in [0.29, 0.717) is 18.4 Å². The van der Waals surface area contributed by atoms with Crippen LogP contribution in [0.3, 0.4) is 0 Å². The van der Waals surface area contributed by atoms with Gasteiger partial charge in [-0.25, -0.2) is 30.7 Å². The minimum atomic E-state index is -4.15. The van der Waals surface area contributed by atoms with Crippen molar-refractivity contribution in [2.45, 2.75) is 74.3 Å². The number of halogens is 4. The lowest BCUT2D eigenvalue weighted by Gasteiger charge is -2.30. The zero-order valence-electron chi connectivity index (χ0n) is 21.2. The van der Waals surface area contributed by atoms with E-state index in [1.54, 1.807) is 4.57 Å². The Balaban J connectivity index is 1.30. The zero-order chi connectivity index (χ0) is 28.3. The monoisotopic (exact) mass is 602 g/mol. The lowest BCUT2D eigenvalue weighted by atomic mass is 9.92. The summed E-state index contributed by atoms with van der Waals surface area (Å²) in [7, 11) is -2.65. The molecule has 40 heavy (non-hydrogen) atoms. The molecule has 3 aliphatic carbocycles. The Labute approximate surface area is 230 Å². The number of sulfonamides is 1. The fourth-order valence-corrected chi connectivity index (χ4v) is 8.37. The standard InChI is InChI=1S/C23H26F4N8O3S2/c1-34-18(8-16(32-34)20(26)27)29-23-31-28-9-35(23)12-2-3-17-14(6-12)19(40(37,38)33-11-4-10(24)5-11)22(39-17)30-21(36)13-7-15(13)25/h8-13,15,20,33H,2-7H2,1H3,(H,29,31)(H,30,36)/t10?,11?,12-,13?,15?/m0/s1. The number of amides is 1. The number of aryl methyl sites for hydroxylation is 2. The van der Waals surface area contributed by atoms with Crippen LogP contribution in [0.2, 0.25) is 0 Å². The van der Waals surface area contributed by atoms with Crippen molar-refractivity contribution in [1.29, 1.82) is 0 Å². The van der Waals surface area contributed by atoms with E-state index in [0.717, 1.165) is 16.2 Å². The van der Waals surface area contributed by atoms with Crippen LogP contribution < -0.4 is 15.4 Å². The molecule has 3 aromatic rings. The second kappa shape index (κ2) is 10.1. The molecular weight excluding hydrogens is 576 g/mol. The topological polar surface area (TPSA) is 136 Å². The molecule has 3 atom stereocenters. The number of hydrogen-bond acceptors (Lipinski definition) is 8. The molecule has 3 aliphatic rings. The van der Waals surface area contributed by atoms with Gasteiger partial charge in [0.25, 0.3) is 6.43 Å². The Morgan fingerprint density at radius 1 is 1.23 bits per heavy atom. The molecule has 3 heterocycles. The summed E-state index contributed by atoms with van der Waals surface area (Å²) >= 11 is 1.14. The van der Waals surface area contributed by atoms with Crippen molar-refractivity contribution in [1.82, 2.24) is 29.3 Å². The van der Waals surface area contributed by atoms with Crippen LogP contribution in [0.5, 0.6) is 0 Å². The number of nitrogens with zero attached hydrogens (tertiary/aromatic N) is 5. The number of carbonyl (C=O) groups excluding carboxylic acids is 1. The predicted octanol–water partition coefficient (Wildman–Crippen LogP) is 3.56. The number of hydrogen-bond donors (Lipinski definition) is 3. The summed E-state index contributed by atoms with van der Waals surface area (Å²) in [6.45, 7) is 0. The van der Waals surface area contributed by atoms with Crippen LogP contribution in [0, 0.1) is 5.92 Å². The third-order valence-electron chi connectivity index (χ3n) is 7.47. The van der Waals surface area contributed by atoms with Crippen molar-refractivity contribution in [3.05, 3.63) is 28.5 Å². The van der Waals surface area contributed by atoms with Gasteiger partial charge in [0.05, 0.1) is 5.92 Å². The number of fused-ring (bicyclic) bond motifs is 1. The highest BCUT2D eigenvalue weighted by molar-refractivity contribution is 7.90. The van der Waals surface area contributed by atoms with Gasteiger partial charge in [0, 0.05) is 30.1 Å². The van der Waals surface area contributed by atoms with E-state index in [2.05, 4.69) is 30.7 Å². The molecule has 216 valence electrons. The molecule has 6 rings (SSSR count). The van der Waals surface area contributed by atoms with Crippen molar-refractivity contribution in [2.24, 2.45) is 13.0 Å². The SMILES string of the molecule is Cn1nc(C(F)F)cc1Nc1nncn1[C@H]1CCc2sc(NC(=O)C3CC3F)c(S(=O)(=O)NC3CC(F)C3)c2C1. The van der Waals surface area contributed by atoms with Gasteiger partial charge in [-0.3, -0.25) is 14.0 Å². The molecule has 0 bridgehead atoms. The summed E-state index contributed by atoms with van der Waals surface area (Å²) in [5.74, 6) is -0.851. The maximum atomic E-state index is 13.6. The second-order valence-electron chi connectivity index (χ2n) is 10.4. The number of carbonyl (C=O) groups is 1. The van der Waals surface area contributed by atoms with E-state index < -0.39 is 52.4 Å². The molecule has 2 saturated carbocycles. The largest absolute Gasteiger partial charge is 0.316 e. The normalized spacial score (nSPS) is 25.9. The number of anilines is 3. The molecule has 0 spiro atoms. The molecule has 17 heteroatoms. The first-order valence-corrected chi connectivity index (χ1v) is 15.0. The third-order valence-corrected chi connectivity index (χ3v) is 10.4. The fraction of sp³-hybridized carbons (Fsp3) is 0.565. The van der Waals surface area contributed by atoms with Crippen LogP contribution in [0.4, 0.5) is 34.3 Å². The van der Waals surface area contributed by atoms with E-state index in [-0.39, 0.29) is 53.4 Å². The second-order valence-corrected chi connectivity index (χ2v) is 13.1. The minimum absolute atomic E-state index is 0.0680. The van der Waals surface area contributed by atoms with Gasteiger partial charge >= 0.3 is 0 Å². The summed E-state index contributed by atoms with van der Waals surface area (Å²) < 4.78 is 85.8. The maximum absolute atomic E-state index is 13.6. The van der Waals surface area contributed by atoms with Gasteiger partial charge in [0.15, 0.2) is 0 Å². The van der Waals surface area contributed by atoms with Gasteiger partial charge in [0.2, 0.25) is 21.9 Å². The Bertz CT molecular complexity index is 1550. The summed E-state index contributed by atoms with van der Waals surface area (Å²) in [5.41, 5.74) is 0.109. The molecule has 0 aromatic carbocycles. The smallest absolute Gasteiger partial charge is 0.282 e. The molecule has 0 aliphatic heterocycles. The number of nitrogens with one attached hydrogen (secondary N) is 3. The third kappa shape index (κ3) is 5.09. The Morgan fingerprint density at radius 3 is 2.62 bits per heavy atom. The highest BCUT2D eigenvalue weighted by Crippen LogP contribution is 2.45. The van der Waals surface area contributed by atoms with Crippen LogP contribution in [0.25, 0.3) is 0 Å². The molecule has 3 N–H and O–H groups in total. The van der Waals surface area contributed by atoms with Crippen LogP contribution in [-0.4, -0.2) is 57.3 Å². The van der Waals surface area contributed by atoms with Crippen molar-refractivity contribution in [3.63, 3.8) is 0 Å². The van der Waals surface area contributed by atoms with Crippen LogP contribution in [-0.2, 0) is 34.7 Å². The lowest BCUT2D eigenvalue weighted by molar-refractivity contribution is -0.117. The van der Waals surface area contributed by atoms with E-state index in [9.17, 15) is 30.8 Å². The zero-order valence-corrected chi connectivity index (χ0v) is 22.8. The highest BCUT2D eigenvalue weighted by atomic mass is 32.2. The van der Waals surface area contributed by atoms with Gasteiger partial charge < -0.3 is 10.6 Å². The lowest BCUT2D eigenvalue weighted by Crippen LogP contribution is -2.45. The minimum Gasteiger partial charge on any atom is -0.316 e. The van der Waals surface area contributed by atoms with Crippen molar-refractivity contribution >= 4 is 44.0 Å². The van der Waals surface area contributed by atoms with Gasteiger partial charge in [-0.2, -0.15) is 5.10 Å². The van der Waals surface area contributed by atoms with Crippen LogP contribution in [0.15, 0.2) is 17.3 Å². The molecule has 2 unspecified atom stereocenters. The first-order valence-electron chi connectivity index (χ1n) is 12.7. The van der Waals surface area contributed by atoms with Crippen molar-refractivity contribution in [3.8, 4) is 0 Å². The van der Waals surface area contributed by atoms with Crippen molar-refractivity contribution < 1.29 is 30.8 Å². The van der Waals surface area contributed by atoms with Crippen LogP contribution in [0.1, 0.15) is 54.3 Å². The Kier molecular flexibility index (Phi) is 6.85. The van der Waals surface area contributed by atoms with E-state index in [4.69, 9.17) is 0 Å². The Morgan fingerprint density at radius 2 is 1.98 bits per heavy atom. The summed E-state index contributed by atoms with van der Waals surface area (Å²) in [6.07, 6.45) is -2.06.